The molecule has 2 aromatic rings. The molecule has 2 aromatic carbocycles. The van der Waals surface area contributed by atoms with Crippen molar-refractivity contribution >= 4 is 29.4 Å². The van der Waals surface area contributed by atoms with Gasteiger partial charge in [-0.15, -0.1) is 0 Å². The van der Waals surface area contributed by atoms with Gasteiger partial charge in [0.15, 0.2) is 0 Å². The molecule has 0 spiro atoms. The van der Waals surface area contributed by atoms with E-state index in [1.807, 2.05) is 31.2 Å². The number of nitrogens with one attached hydrogen (secondary N) is 1. The Hall–Kier alpha value is -3.11. The van der Waals surface area contributed by atoms with Gasteiger partial charge >= 0.3 is 0 Å². The van der Waals surface area contributed by atoms with Crippen LogP contribution in [0, 0.1) is 28.4 Å². The van der Waals surface area contributed by atoms with Crippen LogP contribution in [-0.2, 0) is 4.79 Å². The third-order valence-corrected chi connectivity index (χ3v) is 4.40. The molecular formula is C18H15N3O3S. The lowest BCUT2D eigenvalue weighted by Gasteiger charge is -2.05. The number of rotatable bonds is 5. The van der Waals surface area contributed by atoms with Gasteiger partial charge in [-0.1, -0.05) is 35.5 Å². The number of carbonyl (C=O) groups excluding carboxylic acids is 1. The van der Waals surface area contributed by atoms with Crippen molar-refractivity contribution in [3.05, 3.63) is 69.3 Å². The van der Waals surface area contributed by atoms with Crippen LogP contribution < -0.4 is 5.32 Å². The molecule has 7 heteroatoms. The van der Waals surface area contributed by atoms with E-state index < -0.39 is 10.8 Å². The molecule has 2 rings (SSSR count). The molecule has 6 nitrogen and oxygen atoms in total. The van der Waals surface area contributed by atoms with Crippen LogP contribution >= 0.6 is 11.8 Å². The van der Waals surface area contributed by atoms with E-state index in [0.717, 1.165) is 10.5 Å². The van der Waals surface area contributed by atoms with E-state index in [4.69, 9.17) is 5.26 Å². The largest absolute Gasteiger partial charge is 0.354 e. The van der Waals surface area contributed by atoms with Gasteiger partial charge in [-0.2, -0.15) is 5.26 Å². The highest BCUT2D eigenvalue weighted by Gasteiger charge is 2.16. The molecule has 0 atom stereocenters. The zero-order valence-corrected chi connectivity index (χ0v) is 14.5. The van der Waals surface area contributed by atoms with Crippen LogP contribution in [0.2, 0.25) is 0 Å². The highest BCUT2D eigenvalue weighted by Crippen LogP contribution is 2.35. The summed E-state index contributed by atoms with van der Waals surface area (Å²) in [6, 6.07) is 14.1. The zero-order chi connectivity index (χ0) is 18.4. The third-order valence-electron chi connectivity index (χ3n) is 3.33. The molecular weight excluding hydrogens is 338 g/mol. The number of nitro benzene ring substituents is 1. The van der Waals surface area contributed by atoms with Gasteiger partial charge in [-0.05, 0) is 36.8 Å². The Morgan fingerprint density at radius 2 is 1.96 bits per heavy atom. The summed E-state index contributed by atoms with van der Waals surface area (Å²) in [5, 5.41) is 22.8. The maximum atomic E-state index is 11.6. The first-order valence-corrected chi connectivity index (χ1v) is 8.13. The van der Waals surface area contributed by atoms with Crippen LogP contribution in [0.15, 0.2) is 57.8 Å². The maximum Gasteiger partial charge on any atom is 0.283 e. The van der Waals surface area contributed by atoms with Gasteiger partial charge in [0.1, 0.15) is 11.6 Å². The average molecular weight is 353 g/mol. The summed E-state index contributed by atoms with van der Waals surface area (Å²) in [6.07, 6.45) is 1.33. The lowest BCUT2D eigenvalue weighted by Crippen LogP contribution is -2.19. The summed E-state index contributed by atoms with van der Waals surface area (Å²) in [7, 11) is 1.41. The predicted molar refractivity (Wildman–Crippen MR) is 96.1 cm³/mol. The van der Waals surface area contributed by atoms with Gasteiger partial charge < -0.3 is 5.32 Å². The van der Waals surface area contributed by atoms with E-state index in [2.05, 4.69) is 5.32 Å². The molecule has 0 aliphatic rings. The third kappa shape index (κ3) is 4.68. The smallest absolute Gasteiger partial charge is 0.283 e. The number of amides is 1. The molecule has 0 heterocycles. The average Bonchev–Trinajstić information content (AvgIpc) is 2.61. The lowest BCUT2D eigenvalue weighted by molar-refractivity contribution is -0.387. The summed E-state index contributed by atoms with van der Waals surface area (Å²) < 4.78 is 0. The first-order valence-electron chi connectivity index (χ1n) is 7.31. The fraction of sp³-hybridized carbons (Fsp3) is 0.111. The van der Waals surface area contributed by atoms with E-state index in [0.29, 0.717) is 10.5 Å². The predicted octanol–water partition coefficient (Wildman–Crippen LogP) is 3.71. The minimum absolute atomic E-state index is 0.0754. The Morgan fingerprint density at radius 1 is 1.28 bits per heavy atom. The molecule has 0 saturated carbocycles. The SMILES string of the molecule is CNC(=O)C(C#N)=Cc1ccc(Sc2ccc(C)cc2)c([N+](=O)[O-])c1. The Labute approximate surface area is 149 Å². The lowest BCUT2D eigenvalue weighted by atomic mass is 10.1. The molecule has 0 fully saturated rings. The van der Waals surface area contributed by atoms with Crippen LogP contribution in [0.3, 0.4) is 0 Å². The Balaban J connectivity index is 2.39. The van der Waals surface area contributed by atoms with E-state index in [1.165, 1.54) is 31.0 Å². The maximum absolute atomic E-state index is 11.6. The van der Waals surface area contributed by atoms with Crippen molar-refractivity contribution in [2.75, 3.05) is 7.05 Å². The van der Waals surface area contributed by atoms with E-state index >= 15 is 0 Å². The van der Waals surface area contributed by atoms with Crippen LogP contribution in [0.25, 0.3) is 6.08 Å². The first-order chi connectivity index (χ1) is 11.9. The quantitative estimate of drug-likeness (QED) is 0.382. The number of hydrogen-bond donors (Lipinski definition) is 1. The molecule has 0 radical (unpaired) electrons. The van der Waals surface area contributed by atoms with Gasteiger partial charge in [0.2, 0.25) is 0 Å². The van der Waals surface area contributed by atoms with Crippen LogP contribution in [-0.4, -0.2) is 17.9 Å². The summed E-state index contributed by atoms with van der Waals surface area (Å²) in [5.41, 5.74) is 1.34. The van der Waals surface area contributed by atoms with Crippen molar-refractivity contribution in [1.29, 1.82) is 5.26 Å². The topological polar surface area (TPSA) is 96.0 Å². The van der Waals surface area contributed by atoms with Crippen LogP contribution in [0.1, 0.15) is 11.1 Å². The minimum atomic E-state index is -0.539. The van der Waals surface area contributed by atoms with Crippen molar-refractivity contribution in [3.8, 4) is 6.07 Å². The van der Waals surface area contributed by atoms with Crippen LogP contribution in [0.4, 0.5) is 5.69 Å². The van der Waals surface area contributed by atoms with Gasteiger partial charge in [0.05, 0.1) is 9.82 Å². The summed E-state index contributed by atoms with van der Waals surface area (Å²) in [5.74, 6) is -0.539. The molecule has 1 amide bonds. The van der Waals surface area contributed by atoms with Crippen molar-refractivity contribution in [3.63, 3.8) is 0 Å². The molecule has 0 aliphatic heterocycles. The second-order valence-electron chi connectivity index (χ2n) is 5.15. The number of hydrogen-bond acceptors (Lipinski definition) is 5. The highest BCUT2D eigenvalue weighted by atomic mass is 32.2. The molecule has 0 aromatic heterocycles. The number of aryl methyl sites for hydroxylation is 1. The summed E-state index contributed by atoms with van der Waals surface area (Å²) >= 11 is 1.29. The van der Waals surface area contributed by atoms with E-state index in [-0.39, 0.29) is 11.3 Å². The molecule has 0 bridgehead atoms. The fourth-order valence-electron chi connectivity index (χ4n) is 2.04. The highest BCUT2D eigenvalue weighted by molar-refractivity contribution is 7.99. The Morgan fingerprint density at radius 3 is 2.52 bits per heavy atom. The van der Waals surface area contributed by atoms with Crippen LogP contribution in [0.5, 0.6) is 0 Å². The van der Waals surface area contributed by atoms with Gasteiger partial charge in [0, 0.05) is 18.0 Å². The Kier molecular flexibility index (Phi) is 5.93. The Bertz CT molecular complexity index is 883. The molecule has 25 heavy (non-hydrogen) atoms. The fourth-order valence-corrected chi connectivity index (χ4v) is 2.94. The molecule has 126 valence electrons. The number of nitro groups is 1. The number of likely N-dealkylation sites (N-methyl/N-ethyl adjacent to an activating group) is 1. The normalized spacial score (nSPS) is 10.8. The monoisotopic (exact) mass is 353 g/mol. The first kappa shape index (κ1) is 18.2. The van der Waals surface area contributed by atoms with E-state index in [9.17, 15) is 14.9 Å². The number of nitriles is 1. The van der Waals surface area contributed by atoms with Crippen molar-refractivity contribution in [2.24, 2.45) is 0 Å². The standard InChI is InChI=1S/C18H15N3O3S/c1-12-3-6-15(7-4-12)25-17-8-5-13(10-16(17)21(23)24)9-14(11-19)18(22)20-2/h3-10H,1-2H3,(H,20,22). The second-order valence-corrected chi connectivity index (χ2v) is 6.26. The summed E-state index contributed by atoms with van der Waals surface area (Å²) in [6.45, 7) is 1.97. The van der Waals surface area contributed by atoms with Gasteiger partial charge in [-0.25, -0.2) is 0 Å². The number of benzene rings is 2. The summed E-state index contributed by atoms with van der Waals surface area (Å²) in [4.78, 5) is 23.9. The molecule has 0 aliphatic carbocycles. The molecule has 0 saturated heterocycles. The number of nitrogens with zero attached hydrogens (tertiary/aromatic N) is 2. The van der Waals surface area contributed by atoms with E-state index in [1.54, 1.807) is 18.2 Å². The number of carbonyl (C=O) groups is 1. The zero-order valence-electron chi connectivity index (χ0n) is 13.6. The van der Waals surface area contributed by atoms with Crippen molar-refractivity contribution in [1.82, 2.24) is 5.32 Å². The van der Waals surface area contributed by atoms with Gasteiger partial charge in [-0.3, -0.25) is 14.9 Å². The van der Waals surface area contributed by atoms with Crippen molar-refractivity contribution < 1.29 is 9.72 Å². The minimum Gasteiger partial charge on any atom is -0.354 e. The van der Waals surface area contributed by atoms with Crippen molar-refractivity contribution in [2.45, 2.75) is 16.7 Å². The van der Waals surface area contributed by atoms with Gasteiger partial charge in [0.25, 0.3) is 11.6 Å². The molecule has 1 N–H and O–H groups in total. The second kappa shape index (κ2) is 8.13. The molecule has 0 unspecified atom stereocenters.